The van der Waals surface area contributed by atoms with Gasteiger partial charge in [0.2, 0.25) is 5.91 Å². The average molecular weight is 279 g/mol. The number of nitrogens with zero attached hydrogens (tertiary/aromatic N) is 1. The summed E-state index contributed by atoms with van der Waals surface area (Å²) in [5.41, 5.74) is 1.41. The molecule has 0 saturated carbocycles. The minimum atomic E-state index is -0.231. The van der Waals surface area contributed by atoms with E-state index >= 15 is 0 Å². The van der Waals surface area contributed by atoms with Crippen molar-refractivity contribution in [2.45, 2.75) is 19.9 Å². The SMILES string of the molecule is Cc1ccc(C(C)NC(=O)CN2CCNCC2)cc1F. The molecule has 1 fully saturated rings. The highest BCUT2D eigenvalue weighted by atomic mass is 19.1. The number of piperazine rings is 1. The summed E-state index contributed by atoms with van der Waals surface area (Å²) in [7, 11) is 0. The summed E-state index contributed by atoms with van der Waals surface area (Å²) in [5.74, 6) is -0.244. The van der Waals surface area contributed by atoms with Crippen LogP contribution in [0.1, 0.15) is 24.1 Å². The summed E-state index contributed by atoms with van der Waals surface area (Å²) in [4.78, 5) is 14.1. The third-order valence-corrected chi connectivity index (χ3v) is 3.65. The largest absolute Gasteiger partial charge is 0.348 e. The Bertz CT molecular complexity index is 472. The molecule has 1 aromatic rings. The van der Waals surface area contributed by atoms with Crippen LogP contribution >= 0.6 is 0 Å². The molecule has 0 bridgehead atoms. The van der Waals surface area contributed by atoms with E-state index in [0.29, 0.717) is 12.1 Å². The molecule has 4 nitrogen and oxygen atoms in total. The molecule has 0 radical (unpaired) electrons. The highest BCUT2D eigenvalue weighted by molar-refractivity contribution is 5.78. The molecule has 0 aliphatic carbocycles. The molecule has 5 heteroatoms. The third-order valence-electron chi connectivity index (χ3n) is 3.65. The maximum atomic E-state index is 13.5. The molecule has 1 unspecified atom stereocenters. The Labute approximate surface area is 119 Å². The highest BCUT2D eigenvalue weighted by Crippen LogP contribution is 2.16. The number of nitrogens with one attached hydrogen (secondary N) is 2. The van der Waals surface area contributed by atoms with Gasteiger partial charge in [0.15, 0.2) is 0 Å². The molecule has 0 spiro atoms. The van der Waals surface area contributed by atoms with Crippen LogP contribution in [-0.4, -0.2) is 43.5 Å². The van der Waals surface area contributed by atoms with Crippen LogP contribution in [0.25, 0.3) is 0 Å². The maximum Gasteiger partial charge on any atom is 0.234 e. The number of carbonyl (C=O) groups excluding carboxylic acids is 1. The second kappa shape index (κ2) is 6.81. The van der Waals surface area contributed by atoms with Gasteiger partial charge in [-0.15, -0.1) is 0 Å². The molecule has 20 heavy (non-hydrogen) atoms. The van der Waals surface area contributed by atoms with Gasteiger partial charge >= 0.3 is 0 Å². The second-order valence-corrected chi connectivity index (χ2v) is 5.32. The van der Waals surface area contributed by atoms with Gasteiger partial charge in [0, 0.05) is 26.2 Å². The van der Waals surface area contributed by atoms with E-state index < -0.39 is 0 Å². The number of hydrogen-bond donors (Lipinski definition) is 2. The van der Waals surface area contributed by atoms with Crippen molar-refractivity contribution >= 4 is 5.91 Å². The zero-order valence-corrected chi connectivity index (χ0v) is 12.1. The van der Waals surface area contributed by atoms with Crippen molar-refractivity contribution in [3.05, 3.63) is 35.1 Å². The summed E-state index contributed by atoms with van der Waals surface area (Å²) in [6.45, 7) is 7.63. The minimum Gasteiger partial charge on any atom is -0.348 e. The van der Waals surface area contributed by atoms with Gasteiger partial charge in [0.1, 0.15) is 5.82 Å². The monoisotopic (exact) mass is 279 g/mol. The normalized spacial score (nSPS) is 17.8. The van der Waals surface area contributed by atoms with Crippen LogP contribution < -0.4 is 10.6 Å². The zero-order chi connectivity index (χ0) is 14.5. The van der Waals surface area contributed by atoms with Crippen molar-refractivity contribution in [3.63, 3.8) is 0 Å². The van der Waals surface area contributed by atoms with E-state index in [1.165, 1.54) is 6.07 Å². The van der Waals surface area contributed by atoms with Gasteiger partial charge in [-0.25, -0.2) is 4.39 Å². The molecule has 1 aliphatic rings. The summed E-state index contributed by atoms with van der Waals surface area (Å²) >= 11 is 0. The van der Waals surface area contributed by atoms with Gasteiger partial charge in [-0.05, 0) is 31.0 Å². The average Bonchev–Trinajstić information content (AvgIpc) is 2.42. The summed E-state index contributed by atoms with van der Waals surface area (Å²) < 4.78 is 13.5. The van der Waals surface area contributed by atoms with Crippen molar-refractivity contribution in [1.29, 1.82) is 0 Å². The molecule has 1 aromatic carbocycles. The molecule has 1 heterocycles. The Morgan fingerprint density at radius 1 is 1.45 bits per heavy atom. The van der Waals surface area contributed by atoms with E-state index in [9.17, 15) is 9.18 Å². The first-order valence-corrected chi connectivity index (χ1v) is 7.05. The highest BCUT2D eigenvalue weighted by Gasteiger charge is 2.16. The van der Waals surface area contributed by atoms with E-state index in [0.717, 1.165) is 31.7 Å². The molecule has 1 amide bonds. The van der Waals surface area contributed by atoms with Crippen molar-refractivity contribution < 1.29 is 9.18 Å². The lowest BCUT2D eigenvalue weighted by atomic mass is 10.1. The Balaban J connectivity index is 1.87. The number of hydrogen-bond acceptors (Lipinski definition) is 3. The number of halogens is 1. The summed E-state index contributed by atoms with van der Waals surface area (Å²) in [6.07, 6.45) is 0. The third kappa shape index (κ3) is 4.02. The van der Waals surface area contributed by atoms with Crippen LogP contribution in [0.2, 0.25) is 0 Å². The lowest BCUT2D eigenvalue weighted by Crippen LogP contribution is -2.47. The minimum absolute atomic E-state index is 0.0135. The molecular formula is C15H22FN3O. The Morgan fingerprint density at radius 3 is 2.80 bits per heavy atom. The van der Waals surface area contributed by atoms with E-state index in [1.54, 1.807) is 13.0 Å². The molecule has 110 valence electrons. The number of carbonyl (C=O) groups is 1. The predicted molar refractivity (Wildman–Crippen MR) is 77.0 cm³/mol. The molecule has 0 aromatic heterocycles. The van der Waals surface area contributed by atoms with Crippen LogP contribution in [-0.2, 0) is 4.79 Å². The Hall–Kier alpha value is -1.46. The van der Waals surface area contributed by atoms with Crippen molar-refractivity contribution in [1.82, 2.24) is 15.5 Å². The lowest BCUT2D eigenvalue weighted by molar-refractivity contribution is -0.123. The second-order valence-electron chi connectivity index (χ2n) is 5.32. The van der Waals surface area contributed by atoms with Gasteiger partial charge in [-0.2, -0.15) is 0 Å². The standard InChI is InChI=1S/C15H22FN3O/c1-11-3-4-13(9-14(11)16)12(2)18-15(20)10-19-7-5-17-6-8-19/h3-4,9,12,17H,5-8,10H2,1-2H3,(H,18,20). The maximum absolute atomic E-state index is 13.5. The first kappa shape index (κ1) is 14.9. The summed E-state index contributed by atoms with van der Waals surface area (Å²) in [5, 5.41) is 6.17. The van der Waals surface area contributed by atoms with Crippen molar-refractivity contribution in [3.8, 4) is 0 Å². The lowest BCUT2D eigenvalue weighted by Gasteiger charge is -2.27. The van der Waals surface area contributed by atoms with Crippen LogP contribution in [0.3, 0.4) is 0 Å². The molecular weight excluding hydrogens is 257 g/mol. The first-order valence-electron chi connectivity index (χ1n) is 7.05. The molecule has 2 N–H and O–H groups in total. The number of amides is 1. The van der Waals surface area contributed by atoms with Crippen molar-refractivity contribution in [2.75, 3.05) is 32.7 Å². The number of rotatable bonds is 4. The number of benzene rings is 1. The molecule has 2 rings (SSSR count). The topological polar surface area (TPSA) is 44.4 Å². The van der Waals surface area contributed by atoms with Crippen molar-refractivity contribution in [2.24, 2.45) is 0 Å². The van der Waals surface area contributed by atoms with Crippen LogP contribution in [0.4, 0.5) is 4.39 Å². The van der Waals surface area contributed by atoms with E-state index in [4.69, 9.17) is 0 Å². The van der Waals surface area contributed by atoms with Crippen LogP contribution in [0.5, 0.6) is 0 Å². The molecule has 1 aliphatic heterocycles. The van der Waals surface area contributed by atoms with Crippen LogP contribution in [0, 0.1) is 12.7 Å². The fraction of sp³-hybridized carbons (Fsp3) is 0.533. The Kier molecular flexibility index (Phi) is 5.09. The van der Waals surface area contributed by atoms with Gasteiger partial charge < -0.3 is 10.6 Å². The predicted octanol–water partition coefficient (Wildman–Crippen LogP) is 1.22. The zero-order valence-electron chi connectivity index (χ0n) is 12.1. The van der Waals surface area contributed by atoms with Gasteiger partial charge in [-0.3, -0.25) is 9.69 Å². The first-order chi connectivity index (χ1) is 9.56. The smallest absolute Gasteiger partial charge is 0.234 e. The fourth-order valence-electron chi connectivity index (χ4n) is 2.32. The molecule has 1 atom stereocenters. The van der Waals surface area contributed by atoms with Crippen LogP contribution in [0.15, 0.2) is 18.2 Å². The number of aryl methyl sites for hydroxylation is 1. The fourth-order valence-corrected chi connectivity index (χ4v) is 2.32. The molecule has 1 saturated heterocycles. The summed E-state index contributed by atoms with van der Waals surface area (Å²) in [6, 6.07) is 4.91. The quantitative estimate of drug-likeness (QED) is 0.871. The van der Waals surface area contributed by atoms with E-state index in [2.05, 4.69) is 15.5 Å². The van der Waals surface area contributed by atoms with Gasteiger partial charge in [0.25, 0.3) is 0 Å². The van der Waals surface area contributed by atoms with Gasteiger partial charge in [-0.1, -0.05) is 12.1 Å². The van der Waals surface area contributed by atoms with E-state index in [1.807, 2.05) is 13.0 Å². The van der Waals surface area contributed by atoms with Gasteiger partial charge in [0.05, 0.1) is 12.6 Å². The van der Waals surface area contributed by atoms with E-state index in [-0.39, 0.29) is 17.8 Å². The Morgan fingerprint density at radius 2 is 2.15 bits per heavy atom.